The summed E-state index contributed by atoms with van der Waals surface area (Å²) in [5.41, 5.74) is 0.754. The van der Waals surface area contributed by atoms with Gasteiger partial charge in [0.15, 0.2) is 0 Å². The van der Waals surface area contributed by atoms with Crippen LogP contribution in [0.1, 0.15) is 54.0 Å². The van der Waals surface area contributed by atoms with Gasteiger partial charge in [0.2, 0.25) is 0 Å². The van der Waals surface area contributed by atoms with Gasteiger partial charge in [0, 0.05) is 13.1 Å². The summed E-state index contributed by atoms with van der Waals surface area (Å²) in [6, 6.07) is 9.46. The molecular formula is C24H36N2O5. The fourth-order valence-corrected chi connectivity index (χ4v) is 3.15. The van der Waals surface area contributed by atoms with Gasteiger partial charge in [0.1, 0.15) is 11.2 Å². The van der Waals surface area contributed by atoms with Crippen molar-refractivity contribution in [3.8, 4) is 0 Å². The molecule has 7 heteroatoms. The van der Waals surface area contributed by atoms with Crippen LogP contribution < -0.4 is 5.32 Å². The highest BCUT2D eigenvalue weighted by Gasteiger charge is 2.33. The van der Waals surface area contributed by atoms with E-state index in [1.807, 2.05) is 84.9 Å². The first-order valence-corrected chi connectivity index (χ1v) is 10.7. The van der Waals surface area contributed by atoms with E-state index in [1.165, 1.54) is 0 Å². The number of nitrogens with zero attached hydrogens (tertiary/aromatic N) is 1. The van der Waals surface area contributed by atoms with Gasteiger partial charge in [-0.15, -0.1) is 0 Å². The summed E-state index contributed by atoms with van der Waals surface area (Å²) in [4.78, 5) is 26.6. The third-order valence-corrected chi connectivity index (χ3v) is 4.51. The van der Waals surface area contributed by atoms with Crippen LogP contribution in [0.3, 0.4) is 0 Å². The average molecular weight is 433 g/mol. The predicted molar refractivity (Wildman–Crippen MR) is 120 cm³/mol. The minimum atomic E-state index is -0.622. The van der Waals surface area contributed by atoms with E-state index in [9.17, 15) is 9.59 Å². The van der Waals surface area contributed by atoms with Gasteiger partial charge in [-0.05, 0) is 59.6 Å². The zero-order valence-electron chi connectivity index (χ0n) is 19.7. The standard InChI is InChI=1S/C24H36N2O5/c1-17(29-16-18-11-9-8-10-12-18)19-13-14-26(22(28)31-24(5,6)7)15-20(19)25-21(27)30-23(2,3)4/h8-13,17,20H,14-16H2,1-7H3,(H,25,27)/t17?,20-/m0/s1. The van der Waals surface area contributed by atoms with Crippen molar-refractivity contribution in [3.05, 3.63) is 47.5 Å². The molecule has 0 aliphatic carbocycles. The zero-order chi connectivity index (χ0) is 23.2. The second kappa shape index (κ2) is 10.2. The molecule has 0 spiro atoms. The van der Waals surface area contributed by atoms with E-state index in [4.69, 9.17) is 14.2 Å². The molecule has 0 saturated carbocycles. The zero-order valence-corrected chi connectivity index (χ0v) is 19.7. The second-order valence-corrected chi connectivity index (χ2v) is 9.73. The van der Waals surface area contributed by atoms with Crippen LogP contribution in [0.2, 0.25) is 0 Å². The molecule has 1 aliphatic rings. The van der Waals surface area contributed by atoms with Crippen molar-refractivity contribution in [1.82, 2.24) is 10.2 Å². The van der Waals surface area contributed by atoms with Gasteiger partial charge in [-0.1, -0.05) is 36.4 Å². The van der Waals surface area contributed by atoms with E-state index < -0.39 is 29.4 Å². The molecule has 0 saturated heterocycles. The molecule has 1 aromatic carbocycles. The van der Waals surface area contributed by atoms with Crippen molar-refractivity contribution < 1.29 is 23.8 Å². The molecule has 7 nitrogen and oxygen atoms in total. The Morgan fingerprint density at radius 3 is 2.26 bits per heavy atom. The number of nitrogens with one attached hydrogen (secondary N) is 1. The highest BCUT2D eigenvalue weighted by molar-refractivity contribution is 5.71. The molecule has 0 aromatic heterocycles. The van der Waals surface area contributed by atoms with Gasteiger partial charge in [-0.25, -0.2) is 9.59 Å². The van der Waals surface area contributed by atoms with Crippen molar-refractivity contribution in [3.63, 3.8) is 0 Å². The van der Waals surface area contributed by atoms with Gasteiger partial charge < -0.3 is 24.4 Å². The topological polar surface area (TPSA) is 77.1 Å². The fourth-order valence-electron chi connectivity index (χ4n) is 3.15. The van der Waals surface area contributed by atoms with Gasteiger partial charge in [0.25, 0.3) is 0 Å². The molecule has 0 bridgehead atoms. The first-order chi connectivity index (χ1) is 14.3. The van der Waals surface area contributed by atoms with Gasteiger partial charge in [-0.2, -0.15) is 0 Å². The summed E-state index contributed by atoms with van der Waals surface area (Å²) < 4.78 is 17.0. The van der Waals surface area contributed by atoms with Gasteiger partial charge in [0.05, 0.1) is 18.8 Å². The fraction of sp³-hybridized carbons (Fsp3) is 0.583. The molecule has 1 aliphatic heterocycles. The smallest absolute Gasteiger partial charge is 0.410 e. The van der Waals surface area contributed by atoms with Crippen LogP contribution in [-0.4, -0.2) is 53.5 Å². The Morgan fingerprint density at radius 1 is 1.06 bits per heavy atom. The second-order valence-electron chi connectivity index (χ2n) is 9.73. The normalized spacial score (nSPS) is 18.1. The maximum Gasteiger partial charge on any atom is 0.410 e. The lowest BCUT2D eigenvalue weighted by atomic mass is 9.98. The van der Waals surface area contributed by atoms with E-state index in [1.54, 1.807) is 4.90 Å². The monoisotopic (exact) mass is 432 g/mol. The van der Waals surface area contributed by atoms with Crippen molar-refractivity contribution >= 4 is 12.2 Å². The molecule has 1 heterocycles. The Bertz CT molecular complexity index is 777. The number of amides is 2. The first-order valence-electron chi connectivity index (χ1n) is 10.7. The highest BCUT2D eigenvalue weighted by atomic mass is 16.6. The molecule has 1 aromatic rings. The third kappa shape index (κ3) is 8.61. The van der Waals surface area contributed by atoms with Crippen molar-refractivity contribution in [1.29, 1.82) is 0 Å². The Labute approximate surface area is 185 Å². The van der Waals surface area contributed by atoms with Crippen LogP contribution in [0, 0.1) is 0 Å². The molecule has 2 rings (SSSR count). The molecular weight excluding hydrogens is 396 g/mol. The summed E-state index contributed by atoms with van der Waals surface area (Å²) in [7, 11) is 0. The van der Waals surface area contributed by atoms with Crippen LogP contribution in [0.15, 0.2) is 42.0 Å². The number of hydrogen-bond acceptors (Lipinski definition) is 5. The summed E-state index contributed by atoms with van der Waals surface area (Å²) >= 11 is 0. The number of benzene rings is 1. The summed E-state index contributed by atoms with van der Waals surface area (Å²) in [5.74, 6) is 0. The lowest BCUT2D eigenvalue weighted by molar-refractivity contribution is 0.0199. The molecule has 2 amide bonds. The van der Waals surface area contributed by atoms with Crippen LogP contribution >= 0.6 is 0 Å². The highest BCUT2D eigenvalue weighted by Crippen LogP contribution is 2.21. The number of hydrogen-bond donors (Lipinski definition) is 1. The van der Waals surface area contributed by atoms with Gasteiger partial charge in [-0.3, -0.25) is 0 Å². The summed E-state index contributed by atoms with van der Waals surface area (Å²) in [6.45, 7) is 14.0. The minimum Gasteiger partial charge on any atom is -0.444 e. The first kappa shape index (κ1) is 24.7. The molecule has 1 unspecified atom stereocenters. The third-order valence-electron chi connectivity index (χ3n) is 4.51. The number of ether oxygens (including phenoxy) is 3. The Balaban J connectivity index is 2.12. The largest absolute Gasteiger partial charge is 0.444 e. The predicted octanol–water partition coefficient (Wildman–Crippen LogP) is 4.66. The maximum absolute atomic E-state index is 12.6. The molecule has 172 valence electrons. The van der Waals surface area contributed by atoms with Crippen molar-refractivity contribution in [2.75, 3.05) is 13.1 Å². The van der Waals surface area contributed by atoms with Crippen LogP contribution in [0.4, 0.5) is 9.59 Å². The molecule has 0 radical (unpaired) electrons. The SMILES string of the molecule is CC(OCc1ccccc1)C1=CCN(C(=O)OC(C)(C)C)C[C@@H]1NC(=O)OC(C)(C)C. The molecule has 2 atom stereocenters. The lowest BCUT2D eigenvalue weighted by Gasteiger charge is -2.36. The van der Waals surface area contributed by atoms with Crippen LogP contribution in [0.25, 0.3) is 0 Å². The van der Waals surface area contributed by atoms with E-state index in [2.05, 4.69) is 5.32 Å². The molecule has 0 fully saturated rings. The van der Waals surface area contributed by atoms with Crippen molar-refractivity contribution in [2.45, 2.75) is 78.4 Å². The average Bonchev–Trinajstić information content (AvgIpc) is 2.64. The number of rotatable bonds is 5. The maximum atomic E-state index is 12.6. The van der Waals surface area contributed by atoms with E-state index in [0.29, 0.717) is 13.2 Å². The molecule has 1 N–H and O–H groups in total. The van der Waals surface area contributed by atoms with E-state index in [-0.39, 0.29) is 12.6 Å². The van der Waals surface area contributed by atoms with E-state index in [0.717, 1.165) is 11.1 Å². The quantitative estimate of drug-likeness (QED) is 0.685. The molecule has 31 heavy (non-hydrogen) atoms. The summed E-state index contributed by atoms with van der Waals surface area (Å²) in [6.07, 6.45) is 0.716. The Morgan fingerprint density at radius 2 is 1.68 bits per heavy atom. The number of carbonyl (C=O) groups is 2. The minimum absolute atomic E-state index is 0.249. The summed E-state index contributed by atoms with van der Waals surface area (Å²) in [5, 5.41) is 2.89. The lowest BCUT2D eigenvalue weighted by Crippen LogP contribution is -2.53. The van der Waals surface area contributed by atoms with Crippen LogP contribution in [0.5, 0.6) is 0 Å². The number of alkyl carbamates (subject to hydrolysis) is 1. The Hall–Kier alpha value is -2.54. The number of carbonyl (C=O) groups excluding carboxylic acids is 2. The van der Waals surface area contributed by atoms with Crippen LogP contribution in [-0.2, 0) is 20.8 Å². The van der Waals surface area contributed by atoms with Gasteiger partial charge >= 0.3 is 12.2 Å². The Kier molecular flexibility index (Phi) is 8.12. The van der Waals surface area contributed by atoms with Crippen molar-refractivity contribution in [2.24, 2.45) is 0 Å². The van der Waals surface area contributed by atoms with E-state index >= 15 is 0 Å².